The Morgan fingerprint density at radius 3 is 2.43 bits per heavy atom. The summed E-state index contributed by atoms with van der Waals surface area (Å²) in [4.78, 5) is 43.4. The lowest BCUT2D eigenvalue weighted by Gasteiger charge is -2.14. The number of benzene rings is 2. The summed E-state index contributed by atoms with van der Waals surface area (Å²) in [5, 5.41) is 22.3. The van der Waals surface area contributed by atoms with Gasteiger partial charge in [-0.05, 0) is 24.3 Å². The highest BCUT2D eigenvalue weighted by atomic mass is 32.2. The van der Waals surface area contributed by atoms with E-state index in [0.717, 1.165) is 25.6 Å². The molecule has 0 saturated carbocycles. The number of amides is 1. The van der Waals surface area contributed by atoms with Crippen LogP contribution in [0.3, 0.4) is 0 Å². The largest absolute Gasteiger partial charge is 0.504 e. The van der Waals surface area contributed by atoms with Gasteiger partial charge < -0.3 is 25.0 Å². The Morgan fingerprint density at radius 2 is 1.76 bits per heavy atom. The van der Waals surface area contributed by atoms with Gasteiger partial charge in [0.25, 0.3) is 5.91 Å². The Bertz CT molecular complexity index is 1500. The first-order chi connectivity index (χ1) is 17.4. The van der Waals surface area contributed by atoms with E-state index < -0.39 is 33.6 Å². The molecule has 4 N–H and O–H groups in total. The van der Waals surface area contributed by atoms with Crippen LogP contribution in [0, 0.1) is 0 Å². The van der Waals surface area contributed by atoms with Gasteiger partial charge in [0.1, 0.15) is 17.0 Å². The number of phenols is 1. The molecule has 14 heteroatoms. The van der Waals surface area contributed by atoms with Gasteiger partial charge in [0.05, 0.1) is 23.2 Å². The maximum absolute atomic E-state index is 12.9. The summed E-state index contributed by atoms with van der Waals surface area (Å²) in [5.74, 6) is -3.70. The van der Waals surface area contributed by atoms with Gasteiger partial charge in [0.2, 0.25) is 15.9 Å². The molecule has 0 fully saturated rings. The number of nitrogens with zero attached hydrogens (tertiary/aromatic N) is 2. The molecule has 0 saturated heterocycles. The SMILES string of the molecule is CC(=O)Oc1cc(N=COc2ncccc2C(=O)O)c(O)c(NC(=O)c2ccccc2NS(C)(=O)=O)c1. The molecule has 0 unspecified atom stereocenters. The molecule has 0 aliphatic rings. The van der Waals surface area contributed by atoms with Crippen molar-refractivity contribution in [1.82, 2.24) is 4.98 Å². The third-order valence-corrected chi connectivity index (χ3v) is 4.99. The van der Waals surface area contributed by atoms with E-state index in [1.165, 1.54) is 48.7 Å². The number of carboxylic acid groups (broad SMARTS) is 1. The van der Waals surface area contributed by atoms with E-state index in [4.69, 9.17) is 9.47 Å². The van der Waals surface area contributed by atoms with Crippen molar-refractivity contribution >= 4 is 51.3 Å². The molecule has 0 spiro atoms. The quantitative estimate of drug-likeness (QED) is 0.105. The van der Waals surface area contributed by atoms with Gasteiger partial charge in [0, 0.05) is 25.3 Å². The topological polar surface area (TPSA) is 194 Å². The Balaban J connectivity index is 1.94. The summed E-state index contributed by atoms with van der Waals surface area (Å²) in [6, 6.07) is 10.8. The molecule has 3 rings (SSSR count). The lowest BCUT2D eigenvalue weighted by Crippen LogP contribution is -2.17. The molecule has 0 radical (unpaired) electrons. The molecule has 1 amide bonds. The number of aromatic hydroxyl groups is 1. The second-order valence-electron chi connectivity index (χ2n) is 7.32. The van der Waals surface area contributed by atoms with Crippen LogP contribution in [-0.2, 0) is 14.8 Å². The first kappa shape index (κ1) is 26.6. The number of pyridine rings is 1. The maximum atomic E-state index is 12.9. The number of rotatable bonds is 9. The standard InChI is InChI=1S/C23H20N4O9S/c1-13(28)36-14-10-18(25-12-35-22-16(23(31)32)7-5-9-24-22)20(29)19(11-14)26-21(30)15-6-3-4-8-17(15)27-37(2,33)34/h3-12,27,29H,1-2H3,(H,26,30)(H,31,32). The summed E-state index contributed by atoms with van der Waals surface area (Å²) in [6.45, 7) is 1.14. The van der Waals surface area contributed by atoms with Gasteiger partial charge in [-0.15, -0.1) is 0 Å². The fraction of sp³-hybridized carbons (Fsp3) is 0.0870. The van der Waals surface area contributed by atoms with Crippen molar-refractivity contribution in [2.75, 3.05) is 16.3 Å². The molecule has 0 bridgehead atoms. The lowest BCUT2D eigenvalue weighted by molar-refractivity contribution is -0.131. The number of sulfonamides is 1. The van der Waals surface area contributed by atoms with Crippen LogP contribution < -0.4 is 19.5 Å². The Morgan fingerprint density at radius 1 is 1.05 bits per heavy atom. The Hall–Kier alpha value is -4.98. The van der Waals surface area contributed by atoms with Crippen molar-refractivity contribution in [3.8, 4) is 17.4 Å². The number of anilines is 2. The summed E-state index contributed by atoms with van der Waals surface area (Å²) < 4.78 is 35.7. The van der Waals surface area contributed by atoms with E-state index in [-0.39, 0.29) is 39.8 Å². The van der Waals surface area contributed by atoms with E-state index in [1.54, 1.807) is 0 Å². The van der Waals surface area contributed by atoms with Crippen LogP contribution in [0.2, 0.25) is 0 Å². The number of para-hydroxylation sites is 1. The van der Waals surface area contributed by atoms with Crippen LogP contribution in [0.15, 0.2) is 59.7 Å². The Kier molecular flexibility index (Phi) is 8.04. The second-order valence-corrected chi connectivity index (χ2v) is 9.07. The highest BCUT2D eigenvalue weighted by Crippen LogP contribution is 2.39. The first-order valence-electron chi connectivity index (χ1n) is 10.3. The van der Waals surface area contributed by atoms with E-state index in [0.29, 0.717) is 0 Å². The summed E-state index contributed by atoms with van der Waals surface area (Å²) >= 11 is 0. The minimum atomic E-state index is -3.69. The van der Waals surface area contributed by atoms with Crippen molar-refractivity contribution in [3.63, 3.8) is 0 Å². The normalized spacial score (nSPS) is 11.1. The second kappa shape index (κ2) is 11.2. The van der Waals surface area contributed by atoms with Gasteiger partial charge >= 0.3 is 11.9 Å². The zero-order valence-corrected chi connectivity index (χ0v) is 20.1. The molecule has 13 nitrogen and oxygen atoms in total. The van der Waals surface area contributed by atoms with Crippen molar-refractivity contribution < 1.29 is 42.5 Å². The van der Waals surface area contributed by atoms with Crippen molar-refractivity contribution in [1.29, 1.82) is 0 Å². The number of carboxylic acids is 1. The predicted molar refractivity (Wildman–Crippen MR) is 132 cm³/mol. The number of aliphatic imine (C=N–C) groups is 1. The number of carbonyl (C=O) groups excluding carboxylic acids is 2. The molecule has 2 aromatic carbocycles. The molecular formula is C23H20N4O9S. The average Bonchev–Trinajstić information content (AvgIpc) is 2.81. The van der Waals surface area contributed by atoms with Crippen LogP contribution in [0.4, 0.5) is 17.1 Å². The minimum absolute atomic E-state index is 0.00521. The van der Waals surface area contributed by atoms with Crippen LogP contribution in [0.5, 0.6) is 17.4 Å². The van der Waals surface area contributed by atoms with Crippen LogP contribution in [-0.4, -0.2) is 54.1 Å². The van der Waals surface area contributed by atoms with Gasteiger partial charge in [-0.25, -0.2) is 23.2 Å². The minimum Gasteiger partial charge on any atom is -0.504 e. The fourth-order valence-corrected chi connectivity index (χ4v) is 3.53. The average molecular weight is 528 g/mol. The summed E-state index contributed by atoms with van der Waals surface area (Å²) in [6.07, 6.45) is 3.03. The van der Waals surface area contributed by atoms with Crippen LogP contribution in [0.25, 0.3) is 0 Å². The monoisotopic (exact) mass is 528 g/mol. The lowest BCUT2D eigenvalue weighted by atomic mass is 10.1. The number of aromatic carboxylic acids is 1. The van der Waals surface area contributed by atoms with E-state index in [2.05, 4.69) is 20.0 Å². The molecule has 1 heterocycles. The number of phenolic OH excluding ortho intramolecular Hbond substituents is 1. The summed E-state index contributed by atoms with van der Waals surface area (Å²) in [7, 11) is -3.69. The van der Waals surface area contributed by atoms with E-state index >= 15 is 0 Å². The smallest absolute Gasteiger partial charge is 0.341 e. The molecule has 3 aromatic rings. The number of aromatic nitrogens is 1. The van der Waals surface area contributed by atoms with Gasteiger partial charge in [-0.1, -0.05) is 12.1 Å². The molecule has 0 atom stereocenters. The molecule has 0 aliphatic carbocycles. The summed E-state index contributed by atoms with van der Waals surface area (Å²) in [5.41, 5.74) is -0.746. The van der Waals surface area contributed by atoms with Gasteiger partial charge in [-0.2, -0.15) is 0 Å². The van der Waals surface area contributed by atoms with E-state index in [9.17, 15) is 33.0 Å². The highest BCUT2D eigenvalue weighted by Gasteiger charge is 2.18. The van der Waals surface area contributed by atoms with Crippen LogP contribution >= 0.6 is 0 Å². The number of ether oxygens (including phenoxy) is 2. The number of esters is 1. The van der Waals surface area contributed by atoms with Crippen molar-refractivity contribution in [2.45, 2.75) is 6.92 Å². The zero-order valence-electron chi connectivity index (χ0n) is 19.3. The third-order valence-electron chi connectivity index (χ3n) is 4.40. The van der Waals surface area contributed by atoms with Crippen LogP contribution in [0.1, 0.15) is 27.6 Å². The number of carbonyl (C=O) groups is 3. The number of hydrogen-bond acceptors (Lipinski definition) is 10. The predicted octanol–water partition coefficient (Wildman–Crippen LogP) is 2.77. The molecule has 1 aromatic heterocycles. The number of nitrogens with one attached hydrogen (secondary N) is 2. The first-order valence-corrected chi connectivity index (χ1v) is 12.1. The maximum Gasteiger partial charge on any atom is 0.341 e. The highest BCUT2D eigenvalue weighted by molar-refractivity contribution is 7.92. The molecule has 37 heavy (non-hydrogen) atoms. The zero-order chi connectivity index (χ0) is 27.2. The van der Waals surface area contributed by atoms with Crippen molar-refractivity contribution in [3.05, 3.63) is 65.9 Å². The Labute approximate surface area is 210 Å². The number of hydrogen-bond donors (Lipinski definition) is 4. The third kappa shape index (κ3) is 7.25. The van der Waals surface area contributed by atoms with Gasteiger partial charge in [-0.3, -0.25) is 14.3 Å². The van der Waals surface area contributed by atoms with Crippen molar-refractivity contribution in [2.24, 2.45) is 4.99 Å². The van der Waals surface area contributed by atoms with E-state index in [1.807, 2.05) is 0 Å². The molecule has 192 valence electrons. The van der Waals surface area contributed by atoms with Gasteiger partial charge in [0.15, 0.2) is 12.2 Å². The molecular weight excluding hydrogens is 508 g/mol. The molecule has 0 aliphatic heterocycles. The fourth-order valence-electron chi connectivity index (χ4n) is 2.95.